The number of hydrogen-bond donors (Lipinski definition) is 0. The lowest BCUT2D eigenvalue weighted by atomic mass is 9.59. The summed E-state index contributed by atoms with van der Waals surface area (Å²) in [6.07, 6.45) is 0. The highest BCUT2D eigenvalue weighted by molar-refractivity contribution is 6.00. The maximum atomic E-state index is 14.6. The van der Waals surface area contributed by atoms with Crippen molar-refractivity contribution in [3.63, 3.8) is 0 Å². The van der Waals surface area contributed by atoms with E-state index in [1.165, 1.54) is 0 Å². The Morgan fingerprint density at radius 1 is 0.263 bits per heavy atom. The average Bonchev–Trinajstić information content (AvgIpc) is 3.66. The molecule has 0 atom stereocenters. The van der Waals surface area contributed by atoms with Crippen LogP contribution in [0.25, 0.3) is 43.9 Å². The van der Waals surface area contributed by atoms with Crippen LogP contribution in [0.1, 0.15) is 44.5 Å². The fourth-order valence-electron chi connectivity index (χ4n) is 12.8. The van der Waals surface area contributed by atoms with E-state index in [9.17, 15) is 9.59 Å². The van der Waals surface area contributed by atoms with Gasteiger partial charge in [0, 0.05) is 11.4 Å². The molecule has 11 aromatic carbocycles. The minimum absolute atomic E-state index is 0.0885. The van der Waals surface area contributed by atoms with Crippen LogP contribution in [0.2, 0.25) is 0 Å². The predicted molar refractivity (Wildman–Crippen MR) is 307 cm³/mol. The molecule has 0 saturated heterocycles. The van der Waals surface area contributed by atoms with Gasteiger partial charge in [-0.25, -0.2) is 0 Å². The minimum Gasteiger partial charge on any atom is -0.456 e. The van der Waals surface area contributed by atoms with Crippen LogP contribution in [0.15, 0.2) is 285 Å². The molecule has 0 bridgehead atoms. The molecule has 0 saturated carbocycles. The normalized spacial score (nSPS) is 14.1. The van der Waals surface area contributed by atoms with Gasteiger partial charge in [-0.05, 0) is 129 Å². The summed E-state index contributed by atoms with van der Waals surface area (Å²) in [5, 5.41) is 2.05. The second-order valence-corrected chi connectivity index (χ2v) is 19.8. The minimum atomic E-state index is -0.889. The van der Waals surface area contributed by atoms with Gasteiger partial charge in [-0.15, -0.1) is 0 Å². The molecule has 0 N–H and O–H groups in total. The van der Waals surface area contributed by atoms with Crippen LogP contribution < -0.4 is 20.7 Å². The molecule has 4 heterocycles. The van der Waals surface area contributed by atoms with Gasteiger partial charge < -0.3 is 18.6 Å². The summed E-state index contributed by atoms with van der Waals surface area (Å²) in [5.74, 6) is 0. The zero-order valence-electron chi connectivity index (χ0n) is 40.9. The maximum Gasteiger partial charge on any atom is 0.200 e. The van der Waals surface area contributed by atoms with Crippen molar-refractivity contribution in [1.29, 1.82) is 0 Å². The van der Waals surface area contributed by atoms with E-state index in [2.05, 4.69) is 204 Å². The van der Waals surface area contributed by atoms with Crippen molar-refractivity contribution in [2.75, 3.05) is 9.80 Å². The molecule has 2 aliphatic heterocycles. The summed E-state index contributed by atoms with van der Waals surface area (Å²) in [4.78, 5) is 33.9. The lowest BCUT2D eigenvalue weighted by Crippen LogP contribution is -2.41. The third kappa shape index (κ3) is 6.09. The lowest BCUT2D eigenvalue weighted by molar-refractivity contribution is 0.659. The van der Waals surface area contributed by atoms with Crippen molar-refractivity contribution in [1.82, 2.24) is 0 Å². The molecular weight excluding hydrogens is 933 g/mol. The van der Waals surface area contributed by atoms with Gasteiger partial charge >= 0.3 is 0 Å². The van der Waals surface area contributed by atoms with Crippen molar-refractivity contribution in [2.24, 2.45) is 0 Å². The van der Waals surface area contributed by atoms with E-state index in [1.54, 1.807) is 0 Å². The largest absolute Gasteiger partial charge is 0.456 e. The molecule has 0 radical (unpaired) electrons. The third-order valence-corrected chi connectivity index (χ3v) is 16.0. The molecule has 6 heteroatoms. The van der Waals surface area contributed by atoms with Crippen molar-refractivity contribution >= 4 is 78.0 Å². The summed E-state index contributed by atoms with van der Waals surface area (Å²) in [7, 11) is 0. The fourth-order valence-corrected chi connectivity index (χ4v) is 12.8. The van der Waals surface area contributed by atoms with Crippen molar-refractivity contribution in [3.05, 3.63) is 332 Å². The van der Waals surface area contributed by atoms with Crippen LogP contribution >= 0.6 is 0 Å². The van der Waals surface area contributed by atoms with Crippen LogP contribution in [0, 0.1) is 0 Å². The first kappa shape index (κ1) is 43.5. The molecule has 0 amide bonds. The number of fused-ring (bicyclic) bond motifs is 8. The Morgan fingerprint density at radius 2 is 0.579 bits per heavy atom. The Balaban J connectivity index is 1.13. The van der Waals surface area contributed by atoms with E-state index in [0.29, 0.717) is 43.9 Å². The molecule has 0 aliphatic carbocycles. The topological polar surface area (TPSA) is 66.9 Å². The van der Waals surface area contributed by atoms with Crippen molar-refractivity contribution in [2.45, 2.75) is 10.8 Å². The number of rotatable bonds is 6. The highest BCUT2D eigenvalue weighted by atomic mass is 16.3. The Hall–Kier alpha value is -10.0. The second kappa shape index (κ2) is 16.7. The van der Waals surface area contributed by atoms with Gasteiger partial charge in [0.2, 0.25) is 10.9 Å². The highest BCUT2D eigenvalue weighted by Gasteiger charge is 2.52. The molecular formula is C70H44N2O4. The first-order chi connectivity index (χ1) is 37.5. The average molecular weight is 977 g/mol. The first-order valence-electron chi connectivity index (χ1n) is 25.6. The van der Waals surface area contributed by atoms with Crippen LogP contribution in [-0.4, -0.2) is 0 Å². The Kier molecular flexibility index (Phi) is 9.59. The van der Waals surface area contributed by atoms with E-state index in [1.807, 2.05) is 72.8 Å². The molecule has 358 valence electrons. The smallest absolute Gasteiger partial charge is 0.200 e. The van der Waals surface area contributed by atoms with Gasteiger partial charge in [0.1, 0.15) is 22.3 Å². The van der Waals surface area contributed by atoms with Crippen LogP contribution in [0.4, 0.5) is 34.1 Å². The molecule has 0 spiro atoms. The predicted octanol–water partition coefficient (Wildman–Crippen LogP) is 16.5. The SMILES string of the molecule is O=c1c2ccccc2oc2ccc(N3c4ccccc4C(c4ccccc4)(c4ccccc4)c4cc5c(cc43)C(c3ccccc3)(c3ccccc3)c3ccccc3N5c3ccc4oc5ccccc5c(=O)c4c3)cc12. The maximum absolute atomic E-state index is 14.6. The molecule has 13 aromatic rings. The summed E-state index contributed by atoms with van der Waals surface area (Å²) >= 11 is 0. The second-order valence-electron chi connectivity index (χ2n) is 19.8. The first-order valence-corrected chi connectivity index (χ1v) is 25.6. The van der Waals surface area contributed by atoms with Crippen LogP contribution in [-0.2, 0) is 10.8 Å². The van der Waals surface area contributed by atoms with E-state index in [0.717, 1.165) is 78.6 Å². The molecule has 0 fully saturated rings. The molecule has 0 unspecified atom stereocenters. The zero-order chi connectivity index (χ0) is 50.5. The number of benzene rings is 11. The number of nitrogens with zero attached hydrogens (tertiary/aromatic N) is 2. The highest BCUT2D eigenvalue weighted by Crippen LogP contribution is 2.64. The van der Waals surface area contributed by atoms with Gasteiger partial charge in [-0.3, -0.25) is 9.59 Å². The van der Waals surface area contributed by atoms with Gasteiger partial charge in [-0.2, -0.15) is 0 Å². The van der Waals surface area contributed by atoms with E-state index >= 15 is 0 Å². The van der Waals surface area contributed by atoms with Crippen molar-refractivity contribution < 1.29 is 8.83 Å². The fraction of sp³-hybridized carbons (Fsp3) is 0.0286. The molecule has 6 nitrogen and oxygen atoms in total. The standard InChI is InChI=1S/C70H44N2O4/c73-67-51-29-13-19-35-63(51)75-65-39-37-49(41-53(65)67)71-59-33-17-15-31-55(59)69(45-21-5-1-6-22-45,46-23-7-2-8-24-46)57-43-62-58(44-61(57)71)70(47-25-9-3-10-26-47,48-27-11-4-12-28-48)56-32-16-18-34-60(56)72(62)50-38-40-66-54(42-50)68(74)52-30-14-20-36-64(52)76-66/h1-44H. The number of para-hydroxylation sites is 4. The van der Waals surface area contributed by atoms with Gasteiger partial charge in [0.15, 0.2) is 0 Å². The molecule has 2 aliphatic rings. The lowest BCUT2D eigenvalue weighted by Gasteiger charge is -2.50. The molecule has 2 aromatic heterocycles. The van der Waals surface area contributed by atoms with Gasteiger partial charge in [-0.1, -0.05) is 182 Å². The van der Waals surface area contributed by atoms with Gasteiger partial charge in [0.25, 0.3) is 0 Å². The summed E-state index contributed by atoms with van der Waals surface area (Å²) < 4.78 is 12.9. The summed E-state index contributed by atoms with van der Waals surface area (Å²) in [6.45, 7) is 0. The monoisotopic (exact) mass is 976 g/mol. The zero-order valence-corrected chi connectivity index (χ0v) is 40.9. The molecule has 76 heavy (non-hydrogen) atoms. The van der Waals surface area contributed by atoms with Gasteiger partial charge in [0.05, 0.1) is 55.1 Å². The van der Waals surface area contributed by atoms with E-state index in [-0.39, 0.29) is 10.9 Å². The van der Waals surface area contributed by atoms with Crippen LogP contribution in [0.3, 0.4) is 0 Å². The van der Waals surface area contributed by atoms with Crippen LogP contribution in [0.5, 0.6) is 0 Å². The Labute approximate surface area is 437 Å². The summed E-state index contributed by atoms with van der Waals surface area (Å²) in [6, 6.07) is 92.4. The third-order valence-electron chi connectivity index (χ3n) is 16.0. The van der Waals surface area contributed by atoms with E-state index in [4.69, 9.17) is 8.83 Å². The van der Waals surface area contributed by atoms with Crippen molar-refractivity contribution in [3.8, 4) is 0 Å². The number of hydrogen-bond acceptors (Lipinski definition) is 6. The Bertz CT molecular complexity index is 4220. The Morgan fingerprint density at radius 3 is 0.961 bits per heavy atom. The quantitative estimate of drug-likeness (QED) is 0.155. The van der Waals surface area contributed by atoms with E-state index < -0.39 is 10.8 Å². The molecule has 15 rings (SSSR count). The summed E-state index contributed by atoms with van der Waals surface area (Å²) in [5.41, 5.74) is 14.2. The number of anilines is 6.